The maximum absolute atomic E-state index is 12.6. The quantitative estimate of drug-likeness (QED) is 0.674. The third-order valence-corrected chi connectivity index (χ3v) is 5.23. The molecule has 2 aromatic heterocycles. The summed E-state index contributed by atoms with van der Waals surface area (Å²) in [5.41, 5.74) is 1.33. The highest BCUT2D eigenvalue weighted by Gasteiger charge is 2.20. The Bertz CT molecular complexity index is 1040. The topological polar surface area (TPSA) is 116 Å². The molecular formula is C17H17N5O4S. The van der Waals surface area contributed by atoms with Gasteiger partial charge in [-0.1, -0.05) is 0 Å². The zero-order chi connectivity index (χ0) is 19.4. The summed E-state index contributed by atoms with van der Waals surface area (Å²) in [6.07, 6.45) is 4.38. The minimum atomic E-state index is -3.90. The summed E-state index contributed by atoms with van der Waals surface area (Å²) >= 11 is 0. The summed E-state index contributed by atoms with van der Waals surface area (Å²) in [5, 5.41) is 6.50. The molecule has 1 aromatic carbocycles. The fourth-order valence-electron chi connectivity index (χ4n) is 2.19. The summed E-state index contributed by atoms with van der Waals surface area (Å²) in [6.45, 7) is 1.97. The Morgan fingerprint density at radius 1 is 1.15 bits per heavy atom. The van der Waals surface area contributed by atoms with Gasteiger partial charge in [-0.3, -0.25) is 14.8 Å². The monoisotopic (exact) mass is 387 g/mol. The molecule has 0 saturated heterocycles. The van der Waals surface area contributed by atoms with Crippen LogP contribution in [0.1, 0.15) is 21.9 Å². The van der Waals surface area contributed by atoms with Crippen molar-refractivity contribution in [1.82, 2.24) is 24.5 Å². The van der Waals surface area contributed by atoms with Gasteiger partial charge in [-0.2, -0.15) is 17.6 Å². The van der Waals surface area contributed by atoms with Gasteiger partial charge in [0.05, 0.1) is 36.1 Å². The van der Waals surface area contributed by atoms with Crippen LogP contribution in [0.4, 0.5) is 0 Å². The Balaban J connectivity index is 1.72. The lowest BCUT2D eigenvalue weighted by Gasteiger charge is -2.06. The van der Waals surface area contributed by atoms with Gasteiger partial charge in [0, 0.05) is 12.4 Å². The van der Waals surface area contributed by atoms with Crippen molar-refractivity contribution in [3.05, 3.63) is 66.0 Å². The van der Waals surface area contributed by atoms with Gasteiger partial charge in [-0.25, -0.2) is 0 Å². The predicted molar refractivity (Wildman–Crippen MR) is 95.7 cm³/mol. The lowest BCUT2D eigenvalue weighted by molar-refractivity contribution is 0.0945. The van der Waals surface area contributed by atoms with Crippen LogP contribution in [0.15, 0.2) is 53.8 Å². The molecule has 10 heteroatoms. The van der Waals surface area contributed by atoms with Gasteiger partial charge in [0.15, 0.2) is 5.69 Å². The summed E-state index contributed by atoms with van der Waals surface area (Å²) in [6, 6.07) is 7.22. The first kappa shape index (κ1) is 18.5. The van der Waals surface area contributed by atoms with Gasteiger partial charge in [0.2, 0.25) is 0 Å². The van der Waals surface area contributed by atoms with Crippen LogP contribution in [-0.2, 0) is 16.6 Å². The van der Waals surface area contributed by atoms with Crippen LogP contribution in [0.25, 0.3) is 0 Å². The molecule has 0 bridgehead atoms. The predicted octanol–water partition coefficient (Wildman–Crippen LogP) is 1.16. The number of hydrogen-bond donors (Lipinski definition) is 1. The van der Waals surface area contributed by atoms with Crippen molar-refractivity contribution in [1.29, 1.82) is 0 Å². The minimum Gasteiger partial charge on any atom is -0.497 e. The Kier molecular flexibility index (Phi) is 5.17. The highest BCUT2D eigenvalue weighted by Crippen LogP contribution is 2.17. The molecule has 2 heterocycles. The number of nitrogens with one attached hydrogen (secondary N) is 1. The van der Waals surface area contributed by atoms with E-state index in [-0.39, 0.29) is 17.1 Å². The Morgan fingerprint density at radius 3 is 2.52 bits per heavy atom. The number of benzene rings is 1. The van der Waals surface area contributed by atoms with E-state index >= 15 is 0 Å². The minimum absolute atomic E-state index is 0.0212. The molecule has 0 atom stereocenters. The van der Waals surface area contributed by atoms with Gasteiger partial charge < -0.3 is 10.1 Å². The van der Waals surface area contributed by atoms with E-state index in [2.05, 4.69) is 20.4 Å². The smallest absolute Gasteiger partial charge is 0.282 e. The third kappa shape index (κ3) is 4.11. The van der Waals surface area contributed by atoms with E-state index < -0.39 is 15.9 Å². The van der Waals surface area contributed by atoms with Crippen LogP contribution < -0.4 is 10.1 Å². The number of ether oxygens (including phenoxy) is 1. The first-order valence-corrected chi connectivity index (χ1v) is 9.35. The largest absolute Gasteiger partial charge is 0.497 e. The van der Waals surface area contributed by atoms with Gasteiger partial charge in [-0.05, 0) is 37.3 Å². The highest BCUT2D eigenvalue weighted by molar-refractivity contribution is 7.89. The van der Waals surface area contributed by atoms with E-state index in [1.54, 1.807) is 12.4 Å². The molecule has 140 valence electrons. The second kappa shape index (κ2) is 7.54. The molecular weight excluding hydrogens is 370 g/mol. The molecule has 0 aliphatic carbocycles. The Hall–Kier alpha value is -3.27. The molecule has 0 aliphatic heterocycles. The Labute approximate surface area is 156 Å². The van der Waals surface area contributed by atoms with Crippen molar-refractivity contribution in [3.63, 3.8) is 0 Å². The molecule has 27 heavy (non-hydrogen) atoms. The van der Waals surface area contributed by atoms with E-state index in [4.69, 9.17) is 4.74 Å². The average molecular weight is 387 g/mol. The maximum Gasteiger partial charge on any atom is 0.282 e. The number of carbonyl (C=O) groups excluding carboxylic acids is 1. The van der Waals surface area contributed by atoms with Gasteiger partial charge >= 0.3 is 0 Å². The number of amides is 1. The van der Waals surface area contributed by atoms with E-state index in [1.807, 2.05) is 6.92 Å². The van der Waals surface area contributed by atoms with Gasteiger partial charge in [0.25, 0.3) is 15.9 Å². The summed E-state index contributed by atoms with van der Waals surface area (Å²) in [5.74, 6) is 0.0229. The second-order valence-electron chi connectivity index (χ2n) is 5.59. The number of aryl methyl sites for hydroxylation is 1. The van der Waals surface area contributed by atoms with E-state index in [9.17, 15) is 13.2 Å². The summed E-state index contributed by atoms with van der Waals surface area (Å²) in [4.78, 5) is 20.5. The van der Waals surface area contributed by atoms with Crippen LogP contribution in [0.2, 0.25) is 0 Å². The Morgan fingerprint density at radius 2 is 1.89 bits per heavy atom. The van der Waals surface area contributed by atoms with Crippen LogP contribution in [-0.4, -0.2) is 40.6 Å². The first-order valence-electron chi connectivity index (χ1n) is 7.91. The number of aromatic nitrogens is 4. The van der Waals surface area contributed by atoms with Crippen molar-refractivity contribution in [2.75, 3.05) is 7.11 Å². The van der Waals surface area contributed by atoms with Crippen molar-refractivity contribution in [2.24, 2.45) is 0 Å². The molecule has 0 unspecified atom stereocenters. The SMILES string of the molecule is COc1ccc(S(=O)(=O)n2ccc(C(=O)NCc3cnc(C)cn3)n2)cc1. The lowest BCUT2D eigenvalue weighted by Crippen LogP contribution is -2.24. The highest BCUT2D eigenvalue weighted by atomic mass is 32.2. The van der Waals surface area contributed by atoms with Gasteiger partial charge in [-0.15, -0.1) is 0 Å². The molecule has 0 saturated carbocycles. The zero-order valence-electron chi connectivity index (χ0n) is 14.7. The van der Waals surface area contributed by atoms with Crippen LogP contribution in [0.3, 0.4) is 0 Å². The number of carbonyl (C=O) groups is 1. The number of nitrogens with zero attached hydrogens (tertiary/aromatic N) is 4. The van der Waals surface area contributed by atoms with Crippen LogP contribution in [0, 0.1) is 6.92 Å². The van der Waals surface area contributed by atoms with E-state index in [0.29, 0.717) is 11.4 Å². The van der Waals surface area contributed by atoms with Crippen molar-refractivity contribution in [3.8, 4) is 5.75 Å². The summed E-state index contributed by atoms with van der Waals surface area (Å²) < 4.78 is 31.0. The van der Waals surface area contributed by atoms with Crippen molar-refractivity contribution < 1.29 is 17.9 Å². The first-order chi connectivity index (χ1) is 12.9. The maximum atomic E-state index is 12.6. The summed E-state index contributed by atoms with van der Waals surface area (Å²) in [7, 11) is -2.41. The molecule has 9 nitrogen and oxygen atoms in total. The zero-order valence-corrected chi connectivity index (χ0v) is 15.5. The number of hydrogen-bond acceptors (Lipinski definition) is 7. The molecule has 1 amide bonds. The van der Waals surface area contributed by atoms with Crippen molar-refractivity contribution in [2.45, 2.75) is 18.4 Å². The molecule has 0 fully saturated rings. The molecule has 1 N–H and O–H groups in total. The molecule has 3 aromatic rings. The van der Waals surface area contributed by atoms with Crippen LogP contribution in [0.5, 0.6) is 5.75 Å². The molecule has 0 aliphatic rings. The second-order valence-corrected chi connectivity index (χ2v) is 7.38. The normalized spacial score (nSPS) is 11.2. The fourth-order valence-corrected chi connectivity index (χ4v) is 3.30. The lowest BCUT2D eigenvalue weighted by atomic mass is 10.3. The number of methoxy groups -OCH3 is 1. The molecule has 0 radical (unpaired) electrons. The third-order valence-electron chi connectivity index (χ3n) is 3.67. The molecule has 3 rings (SSSR count). The van der Waals surface area contributed by atoms with E-state index in [1.165, 1.54) is 43.6 Å². The van der Waals surface area contributed by atoms with Crippen molar-refractivity contribution >= 4 is 15.9 Å². The van der Waals surface area contributed by atoms with E-state index in [0.717, 1.165) is 9.78 Å². The number of rotatable bonds is 6. The van der Waals surface area contributed by atoms with Crippen LogP contribution >= 0.6 is 0 Å². The molecule has 0 spiro atoms. The van der Waals surface area contributed by atoms with Gasteiger partial charge in [0.1, 0.15) is 5.75 Å². The standard InChI is InChI=1S/C17H17N5O4S/c1-12-9-19-13(10-18-12)11-20-17(23)16-7-8-22(21-16)27(24,25)15-5-3-14(26-2)4-6-15/h3-10H,11H2,1-2H3,(H,20,23). The average Bonchev–Trinajstić information content (AvgIpc) is 3.18. The fraction of sp³-hybridized carbons (Fsp3) is 0.176.